The first-order chi connectivity index (χ1) is 16.7. The molecular weight excluding hydrogens is 428 g/mol. The Morgan fingerprint density at radius 3 is 1.65 bits per heavy atom. The largest absolute Gasteiger partial charge is 0.377 e. The van der Waals surface area contributed by atoms with Crippen molar-refractivity contribution in [2.24, 2.45) is 5.73 Å². The molecule has 0 atom stereocenters. The molecule has 0 aromatic heterocycles. The monoisotopic (exact) mass is 472 g/mol. The van der Waals surface area contributed by atoms with Crippen molar-refractivity contribution >= 4 is 11.8 Å². The van der Waals surface area contributed by atoms with E-state index in [1.807, 2.05) is 6.08 Å². The average Bonchev–Trinajstić information content (AvgIpc) is 2.82. The van der Waals surface area contributed by atoms with Crippen molar-refractivity contribution in [2.45, 2.75) is 58.3 Å². The number of carbonyl (C=O) groups excluding carboxylic acids is 2. The van der Waals surface area contributed by atoms with E-state index in [4.69, 9.17) is 15.2 Å². The van der Waals surface area contributed by atoms with Gasteiger partial charge < -0.3 is 20.5 Å². The van der Waals surface area contributed by atoms with E-state index in [0.29, 0.717) is 32.8 Å². The van der Waals surface area contributed by atoms with Crippen molar-refractivity contribution in [3.63, 3.8) is 0 Å². The second kappa shape index (κ2) is 26.6. The van der Waals surface area contributed by atoms with E-state index in [2.05, 4.69) is 79.1 Å². The lowest BCUT2D eigenvalue weighted by atomic mass is 10.2. The molecule has 6 nitrogen and oxygen atoms in total. The summed E-state index contributed by atoms with van der Waals surface area (Å²) in [7, 11) is 0. The number of nitrogens with two attached hydrogens (primary N) is 1. The lowest BCUT2D eigenvalue weighted by Gasteiger charge is -2.06. The summed E-state index contributed by atoms with van der Waals surface area (Å²) in [5, 5.41) is 2.81. The van der Waals surface area contributed by atoms with E-state index in [1.165, 1.54) is 0 Å². The van der Waals surface area contributed by atoms with Crippen LogP contribution in [0.25, 0.3) is 0 Å². The summed E-state index contributed by atoms with van der Waals surface area (Å²) in [4.78, 5) is 22.2. The Morgan fingerprint density at radius 1 is 0.676 bits per heavy atom. The highest BCUT2D eigenvalue weighted by Crippen LogP contribution is 1.97. The van der Waals surface area contributed by atoms with Crippen LogP contribution >= 0.6 is 0 Å². The van der Waals surface area contributed by atoms with E-state index in [9.17, 15) is 9.59 Å². The Labute approximate surface area is 206 Å². The first kappa shape index (κ1) is 31.3. The highest BCUT2D eigenvalue weighted by Gasteiger charge is 1.98. The van der Waals surface area contributed by atoms with Crippen LogP contribution in [0.4, 0.5) is 0 Å². The van der Waals surface area contributed by atoms with Gasteiger partial charge in [0.25, 0.3) is 0 Å². The quantitative estimate of drug-likeness (QED) is 0.169. The second-order valence-electron chi connectivity index (χ2n) is 7.44. The Morgan fingerprint density at radius 2 is 1.15 bits per heavy atom. The zero-order valence-electron chi connectivity index (χ0n) is 20.8. The molecule has 190 valence electrons. The summed E-state index contributed by atoms with van der Waals surface area (Å²) in [6.07, 6.45) is 33.0. The minimum absolute atomic E-state index is 0.00751. The van der Waals surface area contributed by atoms with Gasteiger partial charge in [-0.15, -0.1) is 0 Å². The zero-order chi connectivity index (χ0) is 25.0. The molecule has 0 rings (SSSR count). The summed E-state index contributed by atoms with van der Waals surface area (Å²) < 4.78 is 10.2. The fraction of sp³-hybridized carbons (Fsp3) is 0.500. The summed E-state index contributed by atoms with van der Waals surface area (Å²) >= 11 is 0. The molecule has 0 radical (unpaired) electrons. The number of primary amides is 1. The molecule has 6 heteroatoms. The third-order valence-electron chi connectivity index (χ3n) is 4.32. The van der Waals surface area contributed by atoms with Gasteiger partial charge in [-0.05, 0) is 44.9 Å². The number of ether oxygens (including phenoxy) is 2. The van der Waals surface area contributed by atoms with Crippen molar-refractivity contribution in [1.29, 1.82) is 0 Å². The molecular formula is C28H44N2O4. The normalized spacial score (nSPS) is 12.5. The van der Waals surface area contributed by atoms with E-state index < -0.39 is 5.91 Å². The SMILES string of the molecule is CC/C=C\C/C=C\C/C=C\C/C=C\C/C=C\C/C=C\CCC(=O)NCCOCCOCC(N)=O. The Balaban J connectivity index is 3.52. The number of allylic oxidation sites excluding steroid dienone is 12. The fourth-order valence-electron chi connectivity index (χ4n) is 2.60. The predicted molar refractivity (Wildman–Crippen MR) is 141 cm³/mol. The number of nitrogens with one attached hydrogen (secondary N) is 1. The molecule has 0 aliphatic heterocycles. The van der Waals surface area contributed by atoms with Gasteiger partial charge in [0.15, 0.2) is 0 Å². The Kier molecular flexibility index (Phi) is 24.4. The maximum atomic E-state index is 11.7. The van der Waals surface area contributed by atoms with Crippen LogP contribution in [0.15, 0.2) is 72.9 Å². The van der Waals surface area contributed by atoms with Gasteiger partial charge in [0.2, 0.25) is 11.8 Å². The molecule has 34 heavy (non-hydrogen) atoms. The number of amides is 2. The molecule has 0 aromatic carbocycles. The summed E-state index contributed by atoms with van der Waals surface area (Å²) in [6, 6.07) is 0. The molecule has 0 aliphatic rings. The third-order valence-corrected chi connectivity index (χ3v) is 4.32. The van der Waals surface area contributed by atoms with Crippen molar-refractivity contribution in [3.8, 4) is 0 Å². The van der Waals surface area contributed by atoms with Crippen LogP contribution < -0.4 is 11.1 Å². The lowest BCUT2D eigenvalue weighted by Crippen LogP contribution is -2.27. The van der Waals surface area contributed by atoms with Gasteiger partial charge in [-0.3, -0.25) is 9.59 Å². The minimum atomic E-state index is -0.501. The maximum absolute atomic E-state index is 11.7. The van der Waals surface area contributed by atoms with Crippen LogP contribution in [-0.4, -0.2) is 44.8 Å². The molecule has 0 aromatic rings. The fourth-order valence-corrected chi connectivity index (χ4v) is 2.60. The van der Waals surface area contributed by atoms with Crippen LogP contribution in [0, 0.1) is 0 Å². The second-order valence-corrected chi connectivity index (χ2v) is 7.44. The van der Waals surface area contributed by atoms with Crippen LogP contribution in [0.2, 0.25) is 0 Å². The lowest BCUT2D eigenvalue weighted by molar-refractivity contribution is -0.123. The molecule has 0 heterocycles. The molecule has 0 unspecified atom stereocenters. The average molecular weight is 473 g/mol. The first-order valence-electron chi connectivity index (χ1n) is 12.3. The molecule has 0 saturated heterocycles. The standard InChI is InChI=1S/C28H44N2O4/c1-2-3-4-5-6-7-8-9-10-11-12-13-14-15-16-17-18-19-20-21-28(32)30-22-23-33-24-25-34-26-27(29)31/h3-4,6-7,9-10,12-13,15-16,18-19H,2,5,8,11,14,17,20-26H2,1H3,(H2,29,31)(H,30,32)/b4-3-,7-6-,10-9-,13-12-,16-15-,19-18-. The first-order valence-corrected chi connectivity index (χ1v) is 12.3. The minimum Gasteiger partial charge on any atom is -0.377 e. The summed E-state index contributed by atoms with van der Waals surface area (Å²) in [6.45, 7) is 3.58. The van der Waals surface area contributed by atoms with Gasteiger partial charge in [-0.25, -0.2) is 0 Å². The number of hydrogen-bond acceptors (Lipinski definition) is 4. The molecule has 0 saturated carbocycles. The topological polar surface area (TPSA) is 90.7 Å². The summed E-state index contributed by atoms with van der Waals surface area (Å²) in [5.74, 6) is -0.493. The highest BCUT2D eigenvalue weighted by molar-refractivity contribution is 5.76. The van der Waals surface area contributed by atoms with Gasteiger partial charge in [0.05, 0.1) is 19.8 Å². The van der Waals surface area contributed by atoms with Crippen LogP contribution in [0.1, 0.15) is 58.3 Å². The summed E-state index contributed by atoms with van der Waals surface area (Å²) in [5.41, 5.74) is 4.95. The highest BCUT2D eigenvalue weighted by atomic mass is 16.5. The molecule has 0 fully saturated rings. The van der Waals surface area contributed by atoms with Crippen molar-refractivity contribution in [1.82, 2.24) is 5.32 Å². The molecule has 0 aliphatic carbocycles. The van der Waals surface area contributed by atoms with E-state index in [-0.39, 0.29) is 12.5 Å². The van der Waals surface area contributed by atoms with E-state index in [1.54, 1.807) is 0 Å². The van der Waals surface area contributed by atoms with Gasteiger partial charge in [0, 0.05) is 13.0 Å². The number of hydrogen-bond donors (Lipinski definition) is 2. The van der Waals surface area contributed by atoms with Crippen LogP contribution in [0.5, 0.6) is 0 Å². The predicted octanol–water partition coefficient (Wildman–Crippen LogP) is 5.10. The van der Waals surface area contributed by atoms with Gasteiger partial charge in [-0.1, -0.05) is 79.8 Å². The van der Waals surface area contributed by atoms with Gasteiger partial charge in [-0.2, -0.15) is 0 Å². The zero-order valence-corrected chi connectivity index (χ0v) is 20.8. The maximum Gasteiger partial charge on any atom is 0.243 e. The third kappa shape index (κ3) is 27.3. The van der Waals surface area contributed by atoms with E-state index in [0.717, 1.165) is 44.9 Å². The van der Waals surface area contributed by atoms with Gasteiger partial charge in [0.1, 0.15) is 6.61 Å². The van der Waals surface area contributed by atoms with Crippen LogP contribution in [-0.2, 0) is 19.1 Å². The Hall–Kier alpha value is -2.70. The van der Waals surface area contributed by atoms with E-state index >= 15 is 0 Å². The van der Waals surface area contributed by atoms with Crippen molar-refractivity contribution in [3.05, 3.63) is 72.9 Å². The van der Waals surface area contributed by atoms with Crippen molar-refractivity contribution in [2.75, 3.05) is 33.0 Å². The molecule has 3 N–H and O–H groups in total. The molecule has 0 bridgehead atoms. The van der Waals surface area contributed by atoms with Crippen molar-refractivity contribution < 1.29 is 19.1 Å². The Bertz CT molecular complexity index is 676. The number of rotatable bonds is 22. The molecule has 0 spiro atoms. The smallest absolute Gasteiger partial charge is 0.243 e. The van der Waals surface area contributed by atoms with Gasteiger partial charge >= 0.3 is 0 Å². The molecule has 2 amide bonds. The number of carbonyl (C=O) groups is 2. The van der Waals surface area contributed by atoms with Crippen LogP contribution in [0.3, 0.4) is 0 Å².